The lowest BCUT2D eigenvalue weighted by atomic mass is 9.76. The molecule has 1 fully saturated rings. The summed E-state index contributed by atoms with van der Waals surface area (Å²) in [5.41, 5.74) is 5.94. The molecule has 16 heteroatoms. The van der Waals surface area contributed by atoms with Crippen LogP contribution in [0.2, 0.25) is 0 Å². The Bertz CT molecular complexity index is 2860. The third-order valence-electron chi connectivity index (χ3n) is 16.4. The minimum atomic E-state index is -0.941. The Morgan fingerprint density at radius 1 is 0.646 bits per heavy atom. The number of carbonyl (C=O) groups excluding carboxylic acids is 7. The molecule has 8 rings (SSSR count). The number of Topliss-reactive ketones (excluding diaryl/α,β-unsaturated/α-hetero) is 1. The Balaban J connectivity index is 0.893. The summed E-state index contributed by atoms with van der Waals surface area (Å²) < 4.78 is 6.16. The molecule has 4 aliphatic rings. The highest BCUT2D eigenvalue weighted by atomic mass is 16.5. The van der Waals surface area contributed by atoms with Gasteiger partial charge in [0.2, 0.25) is 29.5 Å². The predicted molar refractivity (Wildman–Crippen MR) is 304 cm³/mol. The molecule has 79 heavy (non-hydrogen) atoms. The fourth-order valence-electron chi connectivity index (χ4n) is 11.5. The first-order valence-corrected chi connectivity index (χ1v) is 28.2. The highest BCUT2D eigenvalue weighted by Crippen LogP contribution is 2.35. The first-order chi connectivity index (χ1) is 37.9. The maximum absolute atomic E-state index is 14.6. The number of carbonyl (C=O) groups is 7. The van der Waals surface area contributed by atoms with Gasteiger partial charge in [0.05, 0.1) is 36.1 Å². The summed E-state index contributed by atoms with van der Waals surface area (Å²) in [6, 6.07) is 26.0. The average molecular weight is 1080 g/mol. The topological polar surface area (TPSA) is 216 Å². The number of likely N-dealkylation sites (tertiary alicyclic amines) is 1. The Morgan fingerprint density at radius 2 is 1.19 bits per heavy atom. The van der Waals surface area contributed by atoms with E-state index in [0.29, 0.717) is 24.2 Å². The Labute approximate surface area is 465 Å². The van der Waals surface area contributed by atoms with E-state index in [1.807, 2.05) is 99.7 Å². The summed E-state index contributed by atoms with van der Waals surface area (Å²) in [6.07, 6.45) is 10.6. The first-order valence-electron chi connectivity index (χ1n) is 28.2. The van der Waals surface area contributed by atoms with Crippen molar-refractivity contribution in [2.45, 2.75) is 154 Å². The smallest absolute Gasteiger partial charge is 0.251 e. The molecule has 3 aliphatic carbocycles. The molecule has 6 amide bonds. The van der Waals surface area contributed by atoms with Gasteiger partial charge in [-0.3, -0.25) is 33.6 Å². The van der Waals surface area contributed by atoms with E-state index in [1.165, 1.54) is 16.0 Å². The van der Waals surface area contributed by atoms with Gasteiger partial charge in [0.1, 0.15) is 24.4 Å². The number of nitrogens with zero attached hydrogens (tertiary/aromatic N) is 1. The van der Waals surface area contributed by atoms with Crippen molar-refractivity contribution in [3.63, 3.8) is 0 Å². The lowest BCUT2D eigenvalue weighted by Crippen LogP contribution is -2.59. The summed E-state index contributed by atoms with van der Waals surface area (Å²) >= 11 is 0. The number of benzene rings is 4. The van der Waals surface area contributed by atoms with E-state index in [0.717, 1.165) is 60.8 Å². The van der Waals surface area contributed by atoms with Crippen LogP contribution in [0, 0.1) is 17.3 Å². The molecule has 0 spiro atoms. The van der Waals surface area contributed by atoms with Crippen LogP contribution in [-0.4, -0.2) is 103 Å². The van der Waals surface area contributed by atoms with Crippen LogP contribution in [0.3, 0.4) is 0 Å². The van der Waals surface area contributed by atoms with Crippen molar-refractivity contribution in [2.75, 3.05) is 20.6 Å². The second-order valence-corrected chi connectivity index (χ2v) is 23.0. The Hall–Kier alpha value is -7.17. The molecule has 16 nitrogen and oxygen atoms in total. The van der Waals surface area contributed by atoms with Gasteiger partial charge < -0.3 is 46.9 Å². The molecule has 0 saturated carbocycles. The van der Waals surface area contributed by atoms with Crippen molar-refractivity contribution in [3.05, 3.63) is 148 Å². The quantitative estimate of drug-likeness (QED) is 0.0492. The van der Waals surface area contributed by atoms with Gasteiger partial charge in [-0.15, -0.1) is 0 Å². The second kappa shape index (κ2) is 26.2. The minimum Gasteiger partial charge on any atom is -0.489 e. The van der Waals surface area contributed by atoms with Crippen LogP contribution in [-0.2, 0) is 54.6 Å². The summed E-state index contributed by atoms with van der Waals surface area (Å²) in [6.45, 7) is 9.34. The van der Waals surface area contributed by atoms with Crippen molar-refractivity contribution in [1.82, 2.24) is 42.1 Å². The number of amides is 6. The van der Waals surface area contributed by atoms with Gasteiger partial charge in [0, 0.05) is 24.1 Å². The van der Waals surface area contributed by atoms with Crippen molar-refractivity contribution < 1.29 is 38.3 Å². The molecule has 4 aromatic carbocycles. The van der Waals surface area contributed by atoms with Crippen molar-refractivity contribution in [2.24, 2.45) is 17.3 Å². The maximum Gasteiger partial charge on any atom is 0.251 e. The molecular weight excluding hydrogens is 997 g/mol. The summed E-state index contributed by atoms with van der Waals surface area (Å²) in [7, 11) is 3.36. The number of ether oxygens (including phenoxy) is 1. The molecule has 7 N–H and O–H groups in total. The van der Waals surface area contributed by atoms with Gasteiger partial charge in [-0.25, -0.2) is 0 Å². The number of likely N-dealkylation sites (N-methyl/N-ethyl adjacent to an activating group) is 2. The van der Waals surface area contributed by atoms with Gasteiger partial charge in [0.25, 0.3) is 5.91 Å². The molecule has 10 atom stereocenters. The van der Waals surface area contributed by atoms with E-state index < -0.39 is 59.4 Å². The average Bonchev–Trinajstić information content (AvgIpc) is 4.06. The number of fused-ring (bicyclic) bond motifs is 2. The number of hydrogen-bond acceptors (Lipinski definition) is 10. The van der Waals surface area contributed by atoms with Gasteiger partial charge in [-0.2, -0.15) is 0 Å². The molecule has 420 valence electrons. The van der Waals surface area contributed by atoms with Crippen LogP contribution in [0.1, 0.15) is 135 Å². The maximum atomic E-state index is 14.6. The molecule has 4 aromatic rings. The minimum absolute atomic E-state index is 0.0770. The summed E-state index contributed by atoms with van der Waals surface area (Å²) in [4.78, 5) is 99.4. The molecule has 0 bridgehead atoms. The van der Waals surface area contributed by atoms with Crippen LogP contribution in [0.25, 0.3) is 0 Å². The highest BCUT2D eigenvalue weighted by Gasteiger charge is 2.46. The molecule has 0 radical (unpaired) electrons. The van der Waals surface area contributed by atoms with Gasteiger partial charge in [-0.05, 0) is 155 Å². The van der Waals surface area contributed by atoms with E-state index in [4.69, 9.17) is 4.74 Å². The Morgan fingerprint density at radius 3 is 1.77 bits per heavy atom. The van der Waals surface area contributed by atoms with Gasteiger partial charge in [-0.1, -0.05) is 106 Å². The van der Waals surface area contributed by atoms with E-state index in [1.54, 1.807) is 40.1 Å². The van der Waals surface area contributed by atoms with E-state index >= 15 is 0 Å². The zero-order valence-electron chi connectivity index (χ0n) is 46.9. The summed E-state index contributed by atoms with van der Waals surface area (Å²) in [5.74, 6) is -2.62. The molecule has 1 saturated heterocycles. The highest BCUT2D eigenvalue weighted by molar-refractivity contribution is 5.97. The number of aryl methyl sites for hydroxylation is 2. The number of rotatable bonds is 20. The van der Waals surface area contributed by atoms with E-state index in [9.17, 15) is 33.6 Å². The van der Waals surface area contributed by atoms with Crippen LogP contribution >= 0.6 is 0 Å². The summed E-state index contributed by atoms with van der Waals surface area (Å²) in [5, 5.41) is 21.4. The second-order valence-electron chi connectivity index (χ2n) is 23.0. The monoisotopic (exact) mass is 1080 g/mol. The van der Waals surface area contributed by atoms with Crippen LogP contribution in [0.4, 0.5) is 0 Å². The van der Waals surface area contributed by atoms with E-state index in [-0.39, 0.29) is 73.4 Å². The van der Waals surface area contributed by atoms with Gasteiger partial charge in [0.15, 0.2) is 5.78 Å². The first kappa shape index (κ1) is 58.0. The molecular formula is C63H80N8O8. The standard InChI is InChI=1S/C63H80N8O8/c1-38(64-6)57(73)69-53(55(72)49-22-12-13-23-50(49)60(76)67-51-24-14-18-42-16-8-10-20-47(42)51)34-40-28-32-46(33-29-40)79-37-41-26-30-44(31-27-41)59(75)66-45-35-54(61(77)68-52-25-15-19-43-17-9-11-21-48(43)52)71(36-45)62(78)56(63(3,4)5)70-58(74)39(2)65-7/h8-13,16-17,20-21,26-33,38-39,45,49-54,56,64-65H,14-15,18-19,22-25,34-37H2,1-7H3,(H,66,75)(H,67,76)(H,68,77)(H,69,73)(H,70,74)/t38-,39-,45-,49?,50+,51?,52?,53?,54-,56+/m0/s1. The fourth-order valence-corrected chi connectivity index (χ4v) is 11.5. The van der Waals surface area contributed by atoms with Crippen LogP contribution in [0.15, 0.2) is 109 Å². The SMILES string of the molecule is CN[C@@H](C)C(=O)NC(Cc1ccc(OCc2ccc(C(=O)N[C@H]3C[C@@H](C(=O)NC4CCCc5ccccc54)N(C(=O)[C@@H](NC(=O)[C@H](C)NC)C(C)(C)C)C3)cc2)cc1)C(=O)C1CC=CC[C@H]1C(=O)NC1CCCc2ccccc21. The molecule has 1 heterocycles. The normalized spacial score (nSPS) is 22.1. The molecule has 0 aromatic heterocycles. The zero-order valence-corrected chi connectivity index (χ0v) is 46.9. The molecule has 4 unspecified atom stereocenters. The number of ketones is 1. The van der Waals surface area contributed by atoms with Crippen molar-refractivity contribution >= 4 is 41.2 Å². The largest absolute Gasteiger partial charge is 0.489 e. The number of allylic oxidation sites excluding steroid dienone is 2. The number of nitrogens with one attached hydrogen (secondary N) is 7. The van der Waals surface area contributed by atoms with Crippen LogP contribution in [0.5, 0.6) is 5.75 Å². The Kier molecular flexibility index (Phi) is 19.2. The lowest BCUT2D eigenvalue weighted by molar-refractivity contribution is -0.144. The number of hydrogen-bond donors (Lipinski definition) is 7. The third kappa shape index (κ3) is 14.4. The van der Waals surface area contributed by atoms with Crippen molar-refractivity contribution in [1.29, 1.82) is 0 Å². The fraction of sp³-hybridized carbons (Fsp3) is 0.476. The van der Waals surface area contributed by atoms with Gasteiger partial charge >= 0.3 is 0 Å². The molecule has 1 aliphatic heterocycles. The lowest BCUT2D eigenvalue weighted by Gasteiger charge is -2.36. The third-order valence-corrected chi connectivity index (χ3v) is 16.4. The zero-order chi connectivity index (χ0) is 56.4. The van der Waals surface area contributed by atoms with Crippen molar-refractivity contribution in [3.8, 4) is 5.75 Å². The van der Waals surface area contributed by atoms with E-state index in [2.05, 4.69) is 55.4 Å². The van der Waals surface area contributed by atoms with Crippen LogP contribution < -0.4 is 42.0 Å². The predicted octanol–water partition coefficient (Wildman–Crippen LogP) is 6.28.